The van der Waals surface area contributed by atoms with Gasteiger partial charge in [-0.05, 0) is 18.1 Å². The van der Waals surface area contributed by atoms with Crippen LogP contribution in [-0.2, 0) is 0 Å². The lowest BCUT2D eigenvalue weighted by molar-refractivity contribution is -0.140. The van der Waals surface area contributed by atoms with Gasteiger partial charge in [-0.2, -0.15) is 13.2 Å². The zero-order valence-electron chi connectivity index (χ0n) is 10.7. The third-order valence-electron chi connectivity index (χ3n) is 2.16. The quantitative estimate of drug-likeness (QED) is 0.917. The summed E-state index contributed by atoms with van der Waals surface area (Å²) >= 11 is 0. The number of amides is 2. The molecule has 1 aromatic rings. The van der Waals surface area contributed by atoms with Gasteiger partial charge in [-0.25, -0.2) is 4.79 Å². The number of nitrogens with one attached hydrogen (secondary N) is 1. The van der Waals surface area contributed by atoms with Gasteiger partial charge < -0.3 is 10.2 Å². The Hall–Kier alpha value is -1.79. The number of rotatable bonds is 4. The van der Waals surface area contributed by atoms with Crippen LogP contribution in [0.15, 0.2) is 24.5 Å². The maximum absolute atomic E-state index is 12.4. The Kier molecular flexibility index (Phi) is 5.14. The van der Waals surface area contributed by atoms with Crippen LogP contribution in [-0.4, -0.2) is 35.2 Å². The highest BCUT2D eigenvalue weighted by Crippen LogP contribution is 2.18. The van der Waals surface area contributed by atoms with Crippen molar-refractivity contribution in [2.24, 2.45) is 5.92 Å². The van der Waals surface area contributed by atoms with Crippen LogP contribution < -0.4 is 5.32 Å². The molecule has 4 nitrogen and oxygen atoms in total. The van der Waals surface area contributed by atoms with Gasteiger partial charge in [-0.1, -0.05) is 13.8 Å². The van der Waals surface area contributed by atoms with E-state index in [0.29, 0.717) is 5.69 Å². The van der Waals surface area contributed by atoms with Crippen molar-refractivity contribution in [3.05, 3.63) is 24.5 Å². The van der Waals surface area contributed by atoms with Crippen LogP contribution in [0.5, 0.6) is 0 Å². The normalized spacial score (nSPS) is 11.5. The molecule has 1 aromatic heterocycles. The molecule has 0 aromatic carbocycles. The van der Waals surface area contributed by atoms with Gasteiger partial charge >= 0.3 is 12.2 Å². The van der Waals surface area contributed by atoms with Crippen LogP contribution >= 0.6 is 0 Å². The van der Waals surface area contributed by atoms with Crippen LogP contribution in [0, 0.1) is 5.92 Å². The minimum Gasteiger partial charge on any atom is -0.315 e. The van der Waals surface area contributed by atoms with Gasteiger partial charge in [-0.3, -0.25) is 4.98 Å². The summed E-state index contributed by atoms with van der Waals surface area (Å²) < 4.78 is 37.3. The van der Waals surface area contributed by atoms with E-state index in [-0.39, 0.29) is 12.5 Å². The molecular formula is C12H16F3N3O. The fraction of sp³-hybridized carbons (Fsp3) is 0.500. The van der Waals surface area contributed by atoms with Crippen LogP contribution in [0.3, 0.4) is 0 Å². The van der Waals surface area contributed by atoms with Crippen LogP contribution in [0.4, 0.5) is 23.7 Å². The highest BCUT2D eigenvalue weighted by Gasteiger charge is 2.33. The minimum atomic E-state index is -4.42. The molecular weight excluding hydrogens is 259 g/mol. The predicted octanol–water partition coefficient (Wildman–Crippen LogP) is 3.13. The minimum absolute atomic E-state index is 0.0333. The predicted molar refractivity (Wildman–Crippen MR) is 65.7 cm³/mol. The SMILES string of the molecule is CC(C)CN(CC(F)(F)F)C(=O)Nc1cccnc1. The first-order valence-electron chi connectivity index (χ1n) is 5.80. The van der Waals surface area contributed by atoms with Crippen molar-refractivity contribution in [3.8, 4) is 0 Å². The lowest BCUT2D eigenvalue weighted by Gasteiger charge is -2.25. The molecule has 0 aliphatic rings. The summed E-state index contributed by atoms with van der Waals surface area (Å²) in [4.78, 5) is 16.3. The summed E-state index contributed by atoms with van der Waals surface area (Å²) in [6, 6.07) is 2.37. The number of urea groups is 1. The Morgan fingerprint density at radius 3 is 2.63 bits per heavy atom. The van der Waals surface area contributed by atoms with E-state index in [0.717, 1.165) is 4.90 Å². The molecule has 1 N–H and O–H groups in total. The van der Waals surface area contributed by atoms with Crippen LogP contribution in [0.1, 0.15) is 13.8 Å². The first kappa shape index (κ1) is 15.3. The van der Waals surface area contributed by atoms with Crippen molar-refractivity contribution >= 4 is 11.7 Å². The van der Waals surface area contributed by atoms with E-state index in [2.05, 4.69) is 10.3 Å². The molecule has 7 heteroatoms. The van der Waals surface area contributed by atoms with Crippen LogP contribution in [0.25, 0.3) is 0 Å². The zero-order chi connectivity index (χ0) is 14.5. The molecule has 0 saturated heterocycles. The van der Waals surface area contributed by atoms with Gasteiger partial charge in [0.25, 0.3) is 0 Å². The average molecular weight is 275 g/mol. The monoisotopic (exact) mass is 275 g/mol. The molecule has 0 radical (unpaired) electrons. The summed E-state index contributed by atoms with van der Waals surface area (Å²) in [5.41, 5.74) is 0.364. The molecule has 1 heterocycles. The van der Waals surface area contributed by atoms with E-state index < -0.39 is 18.8 Å². The molecule has 0 aliphatic carbocycles. The number of aromatic nitrogens is 1. The first-order valence-corrected chi connectivity index (χ1v) is 5.80. The number of nitrogens with zero attached hydrogens (tertiary/aromatic N) is 2. The number of alkyl halides is 3. The summed E-state index contributed by atoms with van der Waals surface area (Å²) in [5, 5.41) is 2.39. The van der Waals surface area contributed by atoms with Crippen molar-refractivity contribution in [2.75, 3.05) is 18.4 Å². The molecule has 0 fully saturated rings. The Morgan fingerprint density at radius 2 is 2.16 bits per heavy atom. The van der Waals surface area contributed by atoms with Gasteiger partial charge in [0.1, 0.15) is 6.54 Å². The second-order valence-electron chi connectivity index (χ2n) is 4.56. The summed E-state index contributed by atoms with van der Waals surface area (Å²) in [5.74, 6) is -0.0537. The van der Waals surface area contributed by atoms with E-state index in [1.165, 1.54) is 12.4 Å². The Bertz CT molecular complexity index is 406. The van der Waals surface area contributed by atoms with E-state index >= 15 is 0 Å². The number of hydrogen-bond donors (Lipinski definition) is 1. The number of pyridine rings is 1. The van der Waals surface area contributed by atoms with E-state index in [9.17, 15) is 18.0 Å². The van der Waals surface area contributed by atoms with E-state index in [1.807, 2.05) is 0 Å². The summed E-state index contributed by atoms with van der Waals surface area (Å²) in [7, 11) is 0. The number of carbonyl (C=O) groups is 1. The van der Waals surface area contributed by atoms with Gasteiger partial charge in [-0.15, -0.1) is 0 Å². The third kappa shape index (κ3) is 6.08. The van der Waals surface area contributed by atoms with Gasteiger partial charge in [0.05, 0.1) is 11.9 Å². The summed E-state index contributed by atoms with van der Waals surface area (Å²) in [6.07, 6.45) is -1.53. The van der Waals surface area contributed by atoms with Crippen molar-refractivity contribution < 1.29 is 18.0 Å². The lowest BCUT2D eigenvalue weighted by atomic mass is 10.2. The standard InChI is InChI=1S/C12H16F3N3O/c1-9(2)7-18(8-12(13,14)15)11(19)17-10-4-3-5-16-6-10/h3-6,9H,7-8H2,1-2H3,(H,17,19). The maximum Gasteiger partial charge on any atom is 0.406 e. The Balaban J connectivity index is 2.71. The Morgan fingerprint density at radius 1 is 1.47 bits per heavy atom. The number of halogens is 3. The lowest BCUT2D eigenvalue weighted by Crippen LogP contribution is -2.43. The van der Waals surface area contributed by atoms with Gasteiger partial charge in [0.2, 0.25) is 0 Å². The third-order valence-corrected chi connectivity index (χ3v) is 2.16. The van der Waals surface area contributed by atoms with Crippen LogP contribution in [0.2, 0.25) is 0 Å². The smallest absolute Gasteiger partial charge is 0.315 e. The maximum atomic E-state index is 12.4. The average Bonchev–Trinajstić information content (AvgIpc) is 2.27. The molecule has 19 heavy (non-hydrogen) atoms. The fourth-order valence-electron chi connectivity index (χ4n) is 1.52. The molecule has 106 valence electrons. The molecule has 0 bridgehead atoms. The number of hydrogen-bond acceptors (Lipinski definition) is 2. The van der Waals surface area contributed by atoms with Crippen molar-refractivity contribution in [2.45, 2.75) is 20.0 Å². The van der Waals surface area contributed by atoms with Gasteiger partial charge in [0, 0.05) is 12.7 Å². The molecule has 0 spiro atoms. The fourth-order valence-corrected chi connectivity index (χ4v) is 1.52. The molecule has 0 saturated carbocycles. The Labute approximate surface area is 109 Å². The molecule has 2 amide bonds. The first-order chi connectivity index (χ1) is 8.78. The topological polar surface area (TPSA) is 45.2 Å². The zero-order valence-corrected chi connectivity index (χ0v) is 10.7. The molecule has 0 atom stereocenters. The highest BCUT2D eigenvalue weighted by molar-refractivity contribution is 5.89. The molecule has 0 unspecified atom stereocenters. The molecule has 1 rings (SSSR count). The largest absolute Gasteiger partial charge is 0.406 e. The van der Waals surface area contributed by atoms with Crippen molar-refractivity contribution in [1.82, 2.24) is 9.88 Å². The number of anilines is 1. The van der Waals surface area contributed by atoms with E-state index in [4.69, 9.17) is 0 Å². The number of carbonyl (C=O) groups excluding carboxylic acids is 1. The van der Waals surface area contributed by atoms with Gasteiger partial charge in [0.15, 0.2) is 0 Å². The summed E-state index contributed by atoms with van der Waals surface area (Å²) in [6.45, 7) is 2.27. The molecule has 0 aliphatic heterocycles. The highest BCUT2D eigenvalue weighted by atomic mass is 19.4. The second-order valence-corrected chi connectivity index (χ2v) is 4.56. The van der Waals surface area contributed by atoms with Crippen molar-refractivity contribution in [1.29, 1.82) is 0 Å². The second kappa shape index (κ2) is 6.40. The van der Waals surface area contributed by atoms with Crippen molar-refractivity contribution in [3.63, 3.8) is 0 Å². The van der Waals surface area contributed by atoms with E-state index in [1.54, 1.807) is 26.0 Å².